The van der Waals surface area contributed by atoms with E-state index in [1.807, 2.05) is 6.92 Å². The van der Waals surface area contributed by atoms with Gasteiger partial charge in [0.1, 0.15) is 5.78 Å². The third kappa shape index (κ3) is 2.13. The Hall–Kier alpha value is -0.630. The van der Waals surface area contributed by atoms with Gasteiger partial charge in [-0.05, 0) is 87.4 Å². The topological polar surface area (TPSA) is 37.3 Å². The van der Waals surface area contributed by atoms with E-state index in [1.165, 1.54) is 32.1 Å². The van der Waals surface area contributed by atoms with Crippen LogP contribution in [-0.4, -0.2) is 17.0 Å². The van der Waals surface area contributed by atoms with E-state index >= 15 is 0 Å². The molecule has 2 heteroatoms. The number of aliphatic hydroxyl groups is 1. The van der Waals surface area contributed by atoms with Crippen LogP contribution in [0.3, 0.4) is 0 Å². The summed E-state index contributed by atoms with van der Waals surface area (Å²) < 4.78 is 0. The molecule has 0 aliphatic heterocycles. The first kappa shape index (κ1) is 15.9. The van der Waals surface area contributed by atoms with E-state index in [0.29, 0.717) is 29.0 Å². The highest BCUT2D eigenvalue weighted by atomic mass is 16.3. The number of fused-ring (bicyclic) bond motifs is 4. The van der Waals surface area contributed by atoms with Crippen molar-refractivity contribution in [3.8, 4) is 0 Å². The third-order valence-corrected chi connectivity index (χ3v) is 8.45. The molecule has 0 saturated heterocycles. The molecule has 2 saturated carbocycles. The summed E-state index contributed by atoms with van der Waals surface area (Å²) in [5.41, 5.74) is 4.06. The molecule has 0 aromatic heterocycles. The molecule has 4 aliphatic rings. The molecule has 0 heterocycles. The number of hydrogen-bond acceptors (Lipinski definition) is 2. The van der Waals surface area contributed by atoms with Crippen LogP contribution < -0.4 is 0 Å². The highest BCUT2D eigenvalue weighted by Gasteiger charge is 2.55. The molecule has 0 unspecified atom stereocenters. The second-order valence-corrected chi connectivity index (χ2v) is 9.38. The third-order valence-electron chi connectivity index (χ3n) is 8.45. The second kappa shape index (κ2) is 5.18. The maximum Gasteiger partial charge on any atom is 0.133 e. The Kier molecular flexibility index (Phi) is 3.58. The van der Waals surface area contributed by atoms with Crippen molar-refractivity contribution in [1.29, 1.82) is 0 Å². The smallest absolute Gasteiger partial charge is 0.133 e. The summed E-state index contributed by atoms with van der Waals surface area (Å²) in [6, 6.07) is 0. The van der Waals surface area contributed by atoms with Crippen molar-refractivity contribution in [1.82, 2.24) is 0 Å². The summed E-state index contributed by atoms with van der Waals surface area (Å²) in [5, 5.41) is 10.1. The lowest BCUT2D eigenvalue weighted by Gasteiger charge is -2.54. The quantitative estimate of drug-likeness (QED) is 0.714. The van der Waals surface area contributed by atoms with Crippen LogP contribution >= 0.6 is 0 Å². The van der Waals surface area contributed by atoms with Crippen molar-refractivity contribution >= 4 is 5.78 Å². The lowest BCUT2D eigenvalue weighted by molar-refractivity contribution is -0.124. The SMILES string of the molecule is CC(=O)[C@H]1CC[C@@H]2C3=C(CC[C@]12C)[C@]1(C)CC[C@H](O)C[C@H]1CC3. The fourth-order valence-electron chi connectivity index (χ4n) is 7.11. The summed E-state index contributed by atoms with van der Waals surface area (Å²) in [5.74, 6) is 2.05. The van der Waals surface area contributed by atoms with E-state index < -0.39 is 0 Å². The van der Waals surface area contributed by atoms with Crippen LogP contribution in [0.5, 0.6) is 0 Å². The minimum atomic E-state index is -0.0716. The number of allylic oxidation sites excluding steroid dienone is 2. The molecule has 0 bridgehead atoms. The highest BCUT2D eigenvalue weighted by Crippen LogP contribution is 2.64. The molecule has 0 aromatic carbocycles. The Morgan fingerprint density at radius 3 is 2.61 bits per heavy atom. The van der Waals surface area contributed by atoms with Gasteiger partial charge in [-0.1, -0.05) is 25.0 Å². The highest BCUT2D eigenvalue weighted by molar-refractivity contribution is 5.79. The number of hydrogen-bond donors (Lipinski definition) is 1. The zero-order valence-electron chi connectivity index (χ0n) is 15.0. The molecular formula is C21H32O2. The average molecular weight is 316 g/mol. The Morgan fingerprint density at radius 2 is 1.87 bits per heavy atom. The lowest BCUT2D eigenvalue weighted by atomic mass is 9.51. The number of carbonyl (C=O) groups excluding carboxylic acids is 1. The Labute approximate surface area is 140 Å². The van der Waals surface area contributed by atoms with E-state index in [4.69, 9.17) is 0 Å². The summed E-state index contributed by atoms with van der Waals surface area (Å²) in [6.45, 7) is 6.70. The average Bonchev–Trinajstić information content (AvgIpc) is 2.85. The fraction of sp³-hybridized carbons (Fsp3) is 0.857. The fourth-order valence-corrected chi connectivity index (χ4v) is 7.11. The molecule has 4 aliphatic carbocycles. The Balaban J connectivity index is 1.71. The normalized spacial score (nSPS) is 49.4. The molecule has 0 spiro atoms. The summed E-state index contributed by atoms with van der Waals surface area (Å²) in [7, 11) is 0. The maximum absolute atomic E-state index is 12.1. The van der Waals surface area contributed by atoms with Crippen molar-refractivity contribution in [2.24, 2.45) is 28.6 Å². The molecule has 1 N–H and O–H groups in total. The Bertz CT molecular complexity index is 562. The van der Waals surface area contributed by atoms with Crippen LogP contribution in [-0.2, 0) is 4.79 Å². The molecule has 4 rings (SSSR count). The van der Waals surface area contributed by atoms with Gasteiger partial charge in [0.05, 0.1) is 6.10 Å². The van der Waals surface area contributed by atoms with Crippen LogP contribution in [0, 0.1) is 28.6 Å². The van der Waals surface area contributed by atoms with Crippen molar-refractivity contribution in [3.63, 3.8) is 0 Å². The monoisotopic (exact) mass is 316 g/mol. The molecule has 0 radical (unpaired) electrons. The summed E-state index contributed by atoms with van der Waals surface area (Å²) in [6.07, 6.45) is 10.3. The van der Waals surface area contributed by atoms with E-state index in [-0.39, 0.29) is 11.5 Å². The van der Waals surface area contributed by atoms with Gasteiger partial charge in [-0.3, -0.25) is 4.79 Å². The molecule has 23 heavy (non-hydrogen) atoms. The van der Waals surface area contributed by atoms with Crippen LogP contribution in [0.4, 0.5) is 0 Å². The van der Waals surface area contributed by atoms with Crippen LogP contribution in [0.25, 0.3) is 0 Å². The maximum atomic E-state index is 12.1. The number of rotatable bonds is 1. The first-order valence-electron chi connectivity index (χ1n) is 9.77. The summed E-state index contributed by atoms with van der Waals surface area (Å²) >= 11 is 0. The van der Waals surface area contributed by atoms with Gasteiger partial charge in [0.2, 0.25) is 0 Å². The number of carbonyl (C=O) groups is 1. The Morgan fingerprint density at radius 1 is 1.09 bits per heavy atom. The number of Topliss-reactive ketones (excluding diaryl/α,β-unsaturated/α-hetero) is 1. The van der Waals surface area contributed by atoms with Gasteiger partial charge in [-0.2, -0.15) is 0 Å². The minimum Gasteiger partial charge on any atom is -0.393 e. The zero-order chi connectivity index (χ0) is 16.4. The molecular weight excluding hydrogens is 284 g/mol. The molecule has 2 nitrogen and oxygen atoms in total. The van der Waals surface area contributed by atoms with Crippen LogP contribution in [0.1, 0.15) is 78.6 Å². The van der Waals surface area contributed by atoms with Crippen molar-refractivity contribution < 1.29 is 9.90 Å². The number of ketones is 1. The van der Waals surface area contributed by atoms with E-state index in [2.05, 4.69) is 13.8 Å². The lowest BCUT2D eigenvalue weighted by Crippen LogP contribution is -2.45. The minimum absolute atomic E-state index is 0.0716. The van der Waals surface area contributed by atoms with Crippen molar-refractivity contribution in [2.75, 3.05) is 0 Å². The molecule has 2 fully saturated rings. The van der Waals surface area contributed by atoms with Gasteiger partial charge in [-0.25, -0.2) is 0 Å². The van der Waals surface area contributed by atoms with Gasteiger partial charge < -0.3 is 5.11 Å². The standard InChI is InChI=1S/C21H32O2/c1-13(22)17-6-7-18-16-5-4-14-12-15(23)8-10-20(14,2)19(16)9-11-21(17,18)3/h14-15,17-18,23H,4-12H2,1-3H3/t14-,15+,17-,18-,20-,21-/m1/s1. The summed E-state index contributed by atoms with van der Waals surface area (Å²) in [4.78, 5) is 12.1. The van der Waals surface area contributed by atoms with Crippen molar-refractivity contribution in [3.05, 3.63) is 11.1 Å². The predicted octanol–water partition coefficient (Wildman–Crippen LogP) is 4.66. The van der Waals surface area contributed by atoms with E-state index in [9.17, 15) is 9.90 Å². The van der Waals surface area contributed by atoms with Crippen molar-refractivity contribution in [2.45, 2.75) is 84.7 Å². The molecule has 0 amide bonds. The van der Waals surface area contributed by atoms with Gasteiger partial charge in [0, 0.05) is 5.92 Å². The second-order valence-electron chi connectivity index (χ2n) is 9.38. The van der Waals surface area contributed by atoms with Gasteiger partial charge in [-0.15, -0.1) is 0 Å². The van der Waals surface area contributed by atoms with E-state index in [1.54, 1.807) is 11.1 Å². The molecule has 0 aromatic rings. The predicted molar refractivity (Wildman–Crippen MR) is 92.0 cm³/mol. The van der Waals surface area contributed by atoms with Crippen LogP contribution in [0.15, 0.2) is 11.1 Å². The van der Waals surface area contributed by atoms with Gasteiger partial charge in [0.15, 0.2) is 0 Å². The first-order valence-corrected chi connectivity index (χ1v) is 9.77. The first-order chi connectivity index (χ1) is 10.9. The molecule has 6 atom stereocenters. The van der Waals surface area contributed by atoms with Crippen LogP contribution in [0.2, 0.25) is 0 Å². The van der Waals surface area contributed by atoms with E-state index in [0.717, 1.165) is 25.7 Å². The van der Waals surface area contributed by atoms with Gasteiger partial charge >= 0.3 is 0 Å². The zero-order valence-corrected chi connectivity index (χ0v) is 15.0. The largest absolute Gasteiger partial charge is 0.393 e. The van der Waals surface area contributed by atoms with Gasteiger partial charge in [0.25, 0.3) is 0 Å². The number of aliphatic hydroxyl groups excluding tert-OH is 1. The molecule has 128 valence electrons.